The lowest BCUT2D eigenvalue weighted by Crippen LogP contribution is -2.27. The summed E-state index contributed by atoms with van der Waals surface area (Å²) in [4.78, 5) is 0. The molecule has 1 aliphatic rings. The molecule has 1 saturated heterocycles. The summed E-state index contributed by atoms with van der Waals surface area (Å²) in [5, 5.41) is 3.50. The van der Waals surface area contributed by atoms with Crippen molar-refractivity contribution in [2.75, 3.05) is 18.6 Å². The molecule has 0 radical (unpaired) electrons. The fourth-order valence-electron chi connectivity index (χ4n) is 3.05. The second-order valence-electron chi connectivity index (χ2n) is 6.65. The second kappa shape index (κ2) is 5.86. The number of hydrogen-bond donors (Lipinski definition) is 1. The van der Waals surface area contributed by atoms with E-state index in [-0.39, 0.29) is 11.2 Å². The number of sulfone groups is 1. The Morgan fingerprint density at radius 1 is 1.25 bits per heavy atom. The average Bonchev–Trinajstić information content (AvgIpc) is 2.79. The summed E-state index contributed by atoms with van der Waals surface area (Å²) in [5.41, 5.74) is 2.08. The maximum atomic E-state index is 11.5. The molecule has 0 amide bonds. The van der Waals surface area contributed by atoms with Gasteiger partial charge >= 0.3 is 0 Å². The van der Waals surface area contributed by atoms with Crippen molar-refractivity contribution in [2.45, 2.75) is 44.6 Å². The highest BCUT2D eigenvalue weighted by Gasteiger charge is 2.25. The van der Waals surface area contributed by atoms with Gasteiger partial charge in [-0.2, -0.15) is 0 Å². The summed E-state index contributed by atoms with van der Waals surface area (Å²) in [5.74, 6) is 0.184. The molecular formula is C16H25NO2S. The van der Waals surface area contributed by atoms with Crippen LogP contribution >= 0.6 is 0 Å². The van der Waals surface area contributed by atoms with Crippen LogP contribution in [-0.2, 0) is 21.7 Å². The Morgan fingerprint density at radius 2 is 1.90 bits per heavy atom. The Morgan fingerprint density at radius 3 is 2.40 bits per heavy atom. The maximum Gasteiger partial charge on any atom is 0.148 e. The Bertz CT molecular complexity index is 540. The maximum absolute atomic E-state index is 11.5. The normalized spacial score (nSPS) is 20.2. The van der Waals surface area contributed by atoms with E-state index in [1.54, 1.807) is 0 Å². The molecule has 1 atom stereocenters. The van der Waals surface area contributed by atoms with Crippen LogP contribution in [0, 0.1) is 0 Å². The van der Waals surface area contributed by atoms with E-state index in [1.165, 1.54) is 24.7 Å². The van der Waals surface area contributed by atoms with Gasteiger partial charge in [0, 0.05) is 17.7 Å². The molecule has 3 nitrogen and oxygen atoms in total. The van der Waals surface area contributed by atoms with E-state index in [0.29, 0.717) is 6.04 Å². The van der Waals surface area contributed by atoms with E-state index >= 15 is 0 Å². The molecule has 1 aromatic rings. The monoisotopic (exact) mass is 295 g/mol. The van der Waals surface area contributed by atoms with Crippen molar-refractivity contribution in [3.8, 4) is 0 Å². The van der Waals surface area contributed by atoms with Gasteiger partial charge in [-0.15, -0.1) is 0 Å². The van der Waals surface area contributed by atoms with Gasteiger partial charge in [0.05, 0.1) is 5.75 Å². The zero-order chi connectivity index (χ0) is 14.8. The van der Waals surface area contributed by atoms with Crippen molar-refractivity contribution < 1.29 is 8.42 Å². The van der Waals surface area contributed by atoms with Gasteiger partial charge in [-0.3, -0.25) is 0 Å². The van der Waals surface area contributed by atoms with E-state index in [2.05, 4.69) is 29.6 Å². The van der Waals surface area contributed by atoms with Gasteiger partial charge in [0.2, 0.25) is 0 Å². The van der Waals surface area contributed by atoms with Gasteiger partial charge < -0.3 is 5.32 Å². The molecular weight excluding hydrogens is 270 g/mol. The van der Waals surface area contributed by atoms with Gasteiger partial charge in [-0.25, -0.2) is 8.42 Å². The molecule has 0 saturated carbocycles. The van der Waals surface area contributed by atoms with Crippen molar-refractivity contribution >= 4 is 9.84 Å². The Balaban J connectivity index is 2.06. The van der Waals surface area contributed by atoms with Gasteiger partial charge in [0.1, 0.15) is 9.84 Å². The second-order valence-corrected chi connectivity index (χ2v) is 8.79. The first-order chi connectivity index (χ1) is 9.26. The summed E-state index contributed by atoms with van der Waals surface area (Å²) in [6.07, 6.45) is 4.88. The fraction of sp³-hybridized carbons (Fsp3) is 0.625. The zero-order valence-corrected chi connectivity index (χ0v) is 13.5. The highest BCUT2D eigenvalue weighted by atomic mass is 32.2. The van der Waals surface area contributed by atoms with Gasteiger partial charge in [0.25, 0.3) is 0 Å². The molecule has 1 aliphatic heterocycles. The van der Waals surface area contributed by atoms with Crippen molar-refractivity contribution in [2.24, 2.45) is 0 Å². The van der Waals surface area contributed by atoms with Crippen molar-refractivity contribution in [3.63, 3.8) is 0 Å². The standard InChI is InChI=1S/C16H25NO2S/c1-16(2,12-20(3,18)19)14-8-6-13(7-9-14)11-15-5-4-10-17-15/h6-9,15,17H,4-5,10-12H2,1-3H3. The molecule has 1 heterocycles. The van der Waals surface area contributed by atoms with Gasteiger partial charge in [-0.1, -0.05) is 38.1 Å². The van der Waals surface area contributed by atoms with Gasteiger partial charge in [-0.05, 0) is 36.9 Å². The number of hydrogen-bond acceptors (Lipinski definition) is 3. The minimum absolute atomic E-state index is 0.184. The van der Waals surface area contributed by atoms with Gasteiger partial charge in [0.15, 0.2) is 0 Å². The number of rotatable bonds is 5. The third kappa shape index (κ3) is 4.32. The lowest BCUT2D eigenvalue weighted by atomic mass is 9.86. The number of nitrogens with one attached hydrogen (secondary N) is 1. The zero-order valence-electron chi connectivity index (χ0n) is 12.6. The summed E-state index contributed by atoms with van der Waals surface area (Å²) in [6.45, 7) is 5.10. The summed E-state index contributed by atoms with van der Waals surface area (Å²) in [7, 11) is -2.97. The average molecular weight is 295 g/mol. The summed E-state index contributed by atoms with van der Waals surface area (Å²) in [6, 6.07) is 9.04. The van der Waals surface area contributed by atoms with Crippen LogP contribution in [0.5, 0.6) is 0 Å². The molecule has 112 valence electrons. The molecule has 4 heteroatoms. The largest absolute Gasteiger partial charge is 0.314 e. The van der Waals surface area contributed by atoms with E-state index in [9.17, 15) is 8.42 Å². The summed E-state index contributed by atoms with van der Waals surface area (Å²) >= 11 is 0. The van der Waals surface area contributed by atoms with Crippen LogP contribution in [0.2, 0.25) is 0 Å². The third-order valence-corrected chi connectivity index (χ3v) is 5.25. The Hall–Kier alpha value is -0.870. The minimum atomic E-state index is -2.97. The first-order valence-corrected chi connectivity index (χ1v) is 9.33. The molecule has 20 heavy (non-hydrogen) atoms. The van der Waals surface area contributed by atoms with Crippen molar-refractivity contribution in [1.29, 1.82) is 0 Å². The highest BCUT2D eigenvalue weighted by molar-refractivity contribution is 7.90. The SMILES string of the molecule is CC(C)(CS(C)(=O)=O)c1ccc(CC2CCCN2)cc1. The highest BCUT2D eigenvalue weighted by Crippen LogP contribution is 2.25. The van der Waals surface area contributed by atoms with Crippen LogP contribution in [0.3, 0.4) is 0 Å². The molecule has 1 N–H and O–H groups in total. The van der Waals surface area contributed by atoms with Crippen LogP contribution in [-0.4, -0.2) is 33.0 Å². The molecule has 1 unspecified atom stereocenters. The Kier molecular flexibility index (Phi) is 4.55. The Labute approximate surface area is 122 Å². The molecule has 0 aromatic heterocycles. The first kappa shape index (κ1) is 15.5. The molecule has 0 aliphatic carbocycles. The quantitative estimate of drug-likeness (QED) is 0.906. The van der Waals surface area contributed by atoms with E-state index in [4.69, 9.17) is 0 Å². The van der Waals surface area contributed by atoms with Crippen molar-refractivity contribution in [1.82, 2.24) is 5.32 Å². The van der Waals surface area contributed by atoms with Crippen molar-refractivity contribution in [3.05, 3.63) is 35.4 Å². The molecule has 2 rings (SSSR count). The third-order valence-electron chi connectivity index (χ3n) is 4.00. The van der Waals surface area contributed by atoms with E-state index in [0.717, 1.165) is 18.5 Å². The number of benzene rings is 1. The lowest BCUT2D eigenvalue weighted by Gasteiger charge is -2.24. The van der Waals surface area contributed by atoms with E-state index in [1.807, 2.05) is 13.8 Å². The smallest absolute Gasteiger partial charge is 0.148 e. The molecule has 1 fully saturated rings. The fourth-order valence-corrected chi connectivity index (χ4v) is 4.52. The molecule has 0 bridgehead atoms. The topological polar surface area (TPSA) is 46.2 Å². The predicted molar refractivity (Wildman–Crippen MR) is 83.9 cm³/mol. The molecule has 1 aromatic carbocycles. The van der Waals surface area contributed by atoms with Crippen LogP contribution < -0.4 is 5.32 Å². The predicted octanol–water partition coefficient (Wildman–Crippen LogP) is 2.30. The minimum Gasteiger partial charge on any atom is -0.314 e. The van der Waals surface area contributed by atoms with Crippen LogP contribution in [0.15, 0.2) is 24.3 Å². The first-order valence-electron chi connectivity index (χ1n) is 7.27. The van der Waals surface area contributed by atoms with E-state index < -0.39 is 9.84 Å². The van der Waals surface area contributed by atoms with Crippen LogP contribution in [0.25, 0.3) is 0 Å². The molecule has 0 spiro atoms. The summed E-state index contributed by atoms with van der Waals surface area (Å²) < 4.78 is 23.0. The lowest BCUT2D eigenvalue weighted by molar-refractivity contribution is 0.552. The van der Waals surface area contributed by atoms with Crippen LogP contribution in [0.1, 0.15) is 37.8 Å². The van der Waals surface area contributed by atoms with Crippen LogP contribution in [0.4, 0.5) is 0 Å².